The second kappa shape index (κ2) is 11.0. The van der Waals surface area contributed by atoms with Gasteiger partial charge in [0, 0.05) is 22.7 Å². The molecule has 41 heavy (non-hydrogen) atoms. The first-order valence-electron chi connectivity index (χ1n) is 13.2. The lowest BCUT2D eigenvalue weighted by Gasteiger charge is -2.27. The van der Waals surface area contributed by atoms with E-state index in [2.05, 4.69) is 10.2 Å². The highest BCUT2D eigenvalue weighted by Gasteiger charge is 2.42. The van der Waals surface area contributed by atoms with Crippen molar-refractivity contribution in [1.82, 2.24) is 15.1 Å². The van der Waals surface area contributed by atoms with Gasteiger partial charge in [-0.2, -0.15) is 5.10 Å². The van der Waals surface area contributed by atoms with Crippen molar-refractivity contribution in [3.63, 3.8) is 0 Å². The zero-order chi connectivity index (χ0) is 28.5. The molecule has 4 aromatic carbocycles. The van der Waals surface area contributed by atoms with Gasteiger partial charge in [-0.3, -0.25) is 9.89 Å². The van der Waals surface area contributed by atoms with Gasteiger partial charge in [-0.15, -0.1) is 0 Å². The summed E-state index contributed by atoms with van der Waals surface area (Å²) in [6.45, 7) is 2.59. The highest BCUT2D eigenvalue weighted by molar-refractivity contribution is 6.31. The lowest BCUT2D eigenvalue weighted by atomic mass is 9.95. The Kier molecular flexibility index (Phi) is 7.12. The van der Waals surface area contributed by atoms with Crippen LogP contribution in [-0.4, -0.2) is 33.2 Å². The molecule has 0 spiro atoms. The molecular formula is C33H28ClN3O4. The Hall–Kier alpha value is -4.75. The van der Waals surface area contributed by atoms with E-state index in [1.807, 2.05) is 85.8 Å². The molecule has 1 aliphatic rings. The second-order valence-corrected chi connectivity index (χ2v) is 10.4. The predicted molar refractivity (Wildman–Crippen MR) is 157 cm³/mol. The van der Waals surface area contributed by atoms with Gasteiger partial charge in [-0.1, -0.05) is 66.2 Å². The Morgan fingerprint density at radius 1 is 0.951 bits per heavy atom. The van der Waals surface area contributed by atoms with Crippen LogP contribution in [0.25, 0.3) is 11.3 Å². The summed E-state index contributed by atoms with van der Waals surface area (Å²) in [5.41, 5.74) is 5.60. The molecule has 0 radical (unpaired) electrons. The zero-order valence-electron chi connectivity index (χ0n) is 22.6. The minimum absolute atomic E-state index is 0.0425. The Morgan fingerprint density at radius 3 is 2.49 bits per heavy atom. The zero-order valence-corrected chi connectivity index (χ0v) is 23.4. The minimum atomic E-state index is -0.492. The van der Waals surface area contributed by atoms with Gasteiger partial charge >= 0.3 is 0 Å². The number of fused-ring (bicyclic) bond motifs is 1. The number of aromatic hydroxyl groups is 1. The number of carbonyl (C=O) groups is 1. The summed E-state index contributed by atoms with van der Waals surface area (Å²) >= 11 is 6.45. The molecule has 1 aromatic heterocycles. The Labute approximate surface area is 242 Å². The Bertz CT molecular complexity index is 1720. The van der Waals surface area contributed by atoms with Crippen molar-refractivity contribution in [2.75, 3.05) is 7.11 Å². The number of nitrogens with zero attached hydrogens (tertiary/aromatic N) is 2. The highest BCUT2D eigenvalue weighted by atomic mass is 35.5. The molecule has 1 aliphatic heterocycles. The van der Waals surface area contributed by atoms with E-state index < -0.39 is 6.04 Å². The number of halogens is 1. The van der Waals surface area contributed by atoms with E-state index >= 15 is 0 Å². The molecule has 8 heteroatoms. The molecule has 0 bridgehead atoms. The van der Waals surface area contributed by atoms with Crippen molar-refractivity contribution in [3.05, 3.63) is 130 Å². The molecule has 1 atom stereocenters. The number of phenolic OH excluding ortho intramolecular Hbond substituents is 1. The number of nitrogens with one attached hydrogen (secondary N) is 1. The molecule has 2 heterocycles. The molecule has 1 unspecified atom stereocenters. The van der Waals surface area contributed by atoms with Crippen LogP contribution in [0, 0.1) is 6.92 Å². The van der Waals surface area contributed by atoms with Crippen LogP contribution in [0.5, 0.6) is 17.2 Å². The van der Waals surface area contributed by atoms with Crippen LogP contribution in [0.1, 0.15) is 44.3 Å². The van der Waals surface area contributed by atoms with Crippen LogP contribution in [0.4, 0.5) is 0 Å². The Balaban J connectivity index is 1.42. The maximum atomic E-state index is 13.9. The SMILES string of the molecule is COc1ccc(CN2C(=O)c3[nH]nc(-c4cc(Cl)c(C)cc4O)c3C2c2cccc(OCc3ccccc3)c2)cc1. The van der Waals surface area contributed by atoms with Crippen LogP contribution in [0.15, 0.2) is 91.0 Å². The van der Waals surface area contributed by atoms with Crippen LogP contribution >= 0.6 is 11.6 Å². The third-order valence-electron chi connectivity index (χ3n) is 7.33. The van der Waals surface area contributed by atoms with Gasteiger partial charge in [0.1, 0.15) is 35.2 Å². The van der Waals surface area contributed by atoms with Gasteiger partial charge in [0.15, 0.2) is 0 Å². The van der Waals surface area contributed by atoms with E-state index in [1.165, 1.54) is 0 Å². The molecule has 0 aliphatic carbocycles. The summed E-state index contributed by atoms with van der Waals surface area (Å²) in [6.07, 6.45) is 0. The largest absolute Gasteiger partial charge is 0.507 e. The summed E-state index contributed by atoms with van der Waals surface area (Å²) in [7, 11) is 1.62. The van der Waals surface area contributed by atoms with Crippen molar-refractivity contribution >= 4 is 17.5 Å². The second-order valence-electron chi connectivity index (χ2n) is 10.0. The smallest absolute Gasteiger partial charge is 0.273 e. The van der Waals surface area contributed by atoms with E-state index in [0.29, 0.717) is 46.4 Å². The number of carbonyl (C=O) groups excluding carboxylic acids is 1. The highest BCUT2D eigenvalue weighted by Crippen LogP contribution is 2.46. The van der Waals surface area contributed by atoms with E-state index in [-0.39, 0.29) is 11.7 Å². The van der Waals surface area contributed by atoms with E-state index in [9.17, 15) is 9.90 Å². The fraction of sp³-hybridized carbons (Fsp3) is 0.152. The van der Waals surface area contributed by atoms with Crippen molar-refractivity contribution in [3.8, 4) is 28.5 Å². The summed E-state index contributed by atoms with van der Waals surface area (Å²) in [5, 5.41) is 18.8. The molecule has 1 amide bonds. The third-order valence-corrected chi connectivity index (χ3v) is 7.74. The van der Waals surface area contributed by atoms with Crippen molar-refractivity contribution < 1.29 is 19.4 Å². The van der Waals surface area contributed by atoms with Crippen LogP contribution in [0.2, 0.25) is 5.02 Å². The van der Waals surface area contributed by atoms with Gasteiger partial charge in [0.05, 0.1) is 13.2 Å². The molecule has 0 saturated heterocycles. The number of hydrogen-bond acceptors (Lipinski definition) is 5. The summed E-state index contributed by atoms with van der Waals surface area (Å²) in [4.78, 5) is 15.7. The number of rotatable bonds is 8. The number of amides is 1. The number of methoxy groups -OCH3 is 1. The third kappa shape index (κ3) is 5.12. The number of benzene rings is 4. The van der Waals surface area contributed by atoms with Gasteiger partial charge in [-0.25, -0.2) is 0 Å². The number of aryl methyl sites for hydroxylation is 1. The quantitative estimate of drug-likeness (QED) is 0.210. The monoisotopic (exact) mass is 565 g/mol. The molecule has 0 fully saturated rings. The van der Waals surface area contributed by atoms with Crippen LogP contribution < -0.4 is 9.47 Å². The maximum Gasteiger partial charge on any atom is 0.273 e. The number of aromatic amines is 1. The van der Waals surface area contributed by atoms with Crippen LogP contribution in [-0.2, 0) is 13.2 Å². The first kappa shape index (κ1) is 26.5. The van der Waals surface area contributed by atoms with E-state index in [1.54, 1.807) is 24.1 Å². The normalized spacial score (nSPS) is 14.3. The van der Waals surface area contributed by atoms with E-state index in [4.69, 9.17) is 21.1 Å². The van der Waals surface area contributed by atoms with E-state index in [0.717, 1.165) is 28.0 Å². The van der Waals surface area contributed by atoms with Gasteiger partial charge in [0.2, 0.25) is 0 Å². The predicted octanol–water partition coefficient (Wildman–Crippen LogP) is 7.08. The van der Waals surface area contributed by atoms with Crippen molar-refractivity contribution in [2.24, 2.45) is 0 Å². The van der Waals surface area contributed by atoms with Gasteiger partial charge < -0.3 is 19.5 Å². The molecule has 206 valence electrons. The molecule has 7 nitrogen and oxygen atoms in total. The Morgan fingerprint density at radius 2 is 1.73 bits per heavy atom. The summed E-state index contributed by atoms with van der Waals surface area (Å²) in [5.74, 6) is 1.28. The first-order chi connectivity index (χ1) is 19.9. The molecule has 0 saturated carbocycles. The number of H-pyrrole nitrogens is 1. The lowest BCUT2D eigenvalue weighted by Crippen LogP contribution is -2.29. The van der Waals surface area contributed by atoms with Crippen molar-refractivity contribution in [1.29, 1.82) is 0 Å². The maximum absolute atomic E-state index is 13.9. The molecule has 5 aromatic rings. The standard InChI is InChI=1S/C33H28ClN3O4/c1-20-15-28(38)26(17-27(20)34)30-29-31(36-35-30)33(39)37(18-21-11-13-24(40-2)14-12-21)32(29)23-9-6-10-25(16-23)41-19-22-7-4-3-5-8-22/h3-17,32,38H,18-19H2,1-2H3,(H,35,36). The first-order valence-corrected chi connectivity index (χ1v) is 13.6. The van der Waals surface area contributed by atoms with Crippen LogP contribution in [0.3, 0.4) is 0 Å². The molecule has 6 rings (SSSR count). The summed E-state index contributed by atoms with van der Waals surface area (Å²) in [6, 6.07) is 28.2. The molecular weight excluding hydrogens is 538 g/mol. The number of phenols is 1. The van der Waals surface area contributed by atoms with Gasteiger partial charge in [-0.05, 0) is 65.6 Å². The average molecular weight is 566 g/mol. The lowest BCUT2D eigenvalue weighted by molar-refractivity contribution is 0.0730. The fourth-order valence-corrected chi connectivity index (χ4v) is 5.37. The number of hydrogen-bond donors (Lipinski definition) is 2. The molecule has 2 N–H and O–H groups in total. The summed E-state index contributed by atoms with van der Waals surface area (Å²) < 4.78 is 11.4. The number of ether oxygens (including phenoxy) is 2. The average Bonchev–Trinajstić information content (AvgIpc) is 3.53. The van der Waals surface area contributed by atoms with Crippen molar-refractivity contribution in [2.45, 2.75) is 26.1 Å². The minimum Gasteiger partial charge on any atom is -0.507 e. The fourth-order valence-electron chi connectivity index (χ4n) is 5.21. The topological polar surface area (TPSA) is 87.7 Å². The number of aromatic nitrogens is 2. The van der Waals surface area contributed by atoms with Gasteiger partial charge in [0.25, 0.3) is 5.91 Å².